The SMILES string of the molecule is CC(NCCO)c1cc(Br)cc(F)c1O. The summed E-state index contributed by atoms with van der Waals surface area (Å²) in [6.45, 7) is 2.19. The van der Waals surface area contributed by atoms with Crippen LogP contribution in [0.15, 0.2) is 16.6 Å². The van der Waals surface area contributed by atoms with E-state index in [2.05, 4.69) is 21.2 Å². The molecule has 0 saturated heterocycles. The second kappa shape index (κ2) is 5.44. The van der Waals surface area contributed by atoms with Crippen LogP contribution in [0.4, 0.5) is 4.39 Å². The van der Waals surface area contributed by atoms with Crippen molar-refractivity contribution in [2.24, 2.45) is 0 Å². The van der Waals surface area contributed by atoms with E-state index in [-0.39, 0.29) is 18.4 Å². The molecule has 0 aliphatic carbocycles. The minimum Gasteiger partial charge on any atom is -0.505 e. The predicted molar refractivity (Wildman–Crippen MR) is 59.3 cm³/mol. The molecule has 0 aliphatic heterocycles. The standard InChI is InChI=1S/C10H13BrFNO2/c1-6(13-2-3-14)8-4-7(11)5-9(12)10(8)15/h4-6,13-15H,2-3H2,1H3. The quantitative estimate of drug-likeness (QED) is 0.789. The van der Waals surface area contributed by atoms with Crippen molar-refractivity contribution in [2.75, 3.05) is 13.2 Å². The maximum atomic E-state index is 13.2. The summed E-state index contributed by atoms with van der Waals surface area (Å²) in [5, 5.41) is 21.1. The van der Waals surface area contributed by atoms with Gasteiger partial charge in [0.1, 0.15) is 0 Å². The Balaban J connectivity index is 2.92. The van der Waals surface area contributed by atoms with Crippen molar-refractivity contribution in [3.63, 3.8) is 0 Å². The summed E-state index contributed by atoms with van der Waals surface area (Å²) in [4.78, 5) is 0. The highest BCUT2D eigenvalue weighted by molar-refractivity contribution is 9.10. The molecule has 0 saturated carbocycles. The second-order valence-corrected chi connectivity index (χ2v) is 4.14. The fourth-order valence-corrected chi connectivity index (χ4v) is 1.75. The lowest BCUT2D eigenvalue weighted by Crippen LogP contribution is -2.22. The summed E-state index contributed by atoms with van der Waals surface area (Å²) in [5.74, 6) is -1.01. The summed E-state index contributed by atoms with van der Waals surface area (Å²) < 4.78 is 13.7. The van der Waals surface area contributed by atoms with Gasteiger partial charge in [0.2, 0.25) is 0 Å². The highest BCUT2D eigenvalue weighted by atomic mass is 79.9. The van der Waals surface area contributed by atoms with Gasteiger partial charge in [-0.2, -0.15) is 0 Å². The van der Waals surface area contributed by atoms with Gasteiger partial charge in [-0.1, -0.05) is 15.9 Å². The maximum absolute atomic E-state index is 13.2. The number of nitrogens with one attached hydrogen (secondary N) is 1. The Kier molecular flexibility index (Phi) is 4.50. The van der Waals surface area contributed by atoms with Gasteiger partial charge in [0.05, 0.1) is 6.61 Å². The Labute approximate surface area is 96.1 Å². The number of hydrogen-bond donors (Lipinski definition) is 3. The largest absolute Gasteiger partial charge is 0.505 e. The molecule has 1 unspecified atom stereocenters. The molecule has 1 aromatic rings. The second-order valence-electron chi connectivity index (χ2n) is 3.22. The number of aromatic hydroxyl groups is 1. The number of aliphatic hydroxyl groups excluding tert-OH is 1. The monoisotopic (exact) mass is 277 g/mol. The van der Waals surface area contributed by atoms with Crippen LogP contribution in [-0.4, -0.2) is 23.4 Å². The Bertz CT molecular complexity index is 346. The summed E-state index contributed by atoms with van der Waals surface area (Å²) in [7, 11) is 0. The molecule has 0 bridgehead atoms. The first-order chi connectivity index (χ1) is 7.06. The molecule has 15 heavy (non-hydrogen) atoms. The zero-order chi connectivity index (χ0) is 11.4. The van der Waals surface area contributed by atoms with Gasteiger partial charge in [0.15, 0.2) is 11.6 Å². The molecule has 1 rings (SSSR count). The Morgan fingerprint density at radius 1 is 1.53 bits per heavy atom. The smallest absolute Gasteiger partial charge is 0.166 e. The van der Waals surface area contributed by atoms with Gasteiger partial charge < -0.3 is 15.5 Å². The minimum atomic E-state index is -0.656. The molecular formula is C10H13BrFNO2. The molecule has 0 aromatic heterocycles. The van der Waals surface area contributed by atoms with Gasteiger partial charge in [-0.25, -0.2) is 4.39 Å². The van der Waals surface area contributed by atoms with E-state index in [0.29, 0.717) is 16.6 Å². The highest BCUT2D eigenvalue weighted by Gasteiger charge is 2.14. The molecule has 5 heteroatoms. The Hall–Kier alpha value is -0.650. The lowest BCUT2D eigenvalue weighted by molar-refractivity contribution is 0.285. The summed E-state index contributed by atoms with van der Waals surface area (Å²) >= 11 is 3.16. The van der Waals surface area contributed by atoms with Crippen LogP contribution in [0.2, 0.25) is 0 Å². The minimum absolute atomic E-state index is 0.00157. The zero-order valence-corrected chi connectivity index (χ0v) is 9.88. The molecule has 3 N–H and O–H groups in total. The van der Waals surface area contributed by atoms with E-state index in [1.807, 2.05) is 0 Å². The molecule has 0 heterocycles. The topological polar surface area (TPSA) is 52.5 Å². The number of rotatable bonds is 4. The molecule has 84 valence electrons. The number of halogens is 2. The average Bonchev–Trinajstić information content (AvgIpc) is 2.19. The average molecular weight is 278 g/mol. The van der Waals surface area contributed by atoms with E-state index in [0.717, 1.165) is 0 Å². The van der Waals surface area contributed by atoms with Crippen LogP contribution in [0, 0.1) is 5.82 Å². The molecule has 0 amide bonds. The summed E-state index contributed by atoms with van der Waals surface area (Å²) in [5.41, 5.74) is 0.468. The lowest BCUT2D eigenvalue weighted by atomic mass is 10.1. The number of phenols is 1. The van der Waals surface area contributed by atoms with Crippen LogP contribution < -0.4 is 5.32 Å². The third kappa shape index (κ3) is 3.15. The summed E-state index contributed by atoms with van der Waals surface area (Å²) in [6, 6.07) is 2.63. The normalized spacial score (nSPS) is 12.8. The number of hydrogen-bond acceptors (Lipinski definition) is 3. The molecule has 1 atom stereocenters. The van der Waals surface area contributed by atoms with Gasteiger partial charge in [0.25, 0.3) is 0 Å². The first-order valence-corrected chi connectivity index (χ1v) is 5.37. The molecule has 0 radical (unpaired) electrons. The Morgan fingerprint density at radius 2 is 2.20 bits per heavy atom. The summed E-state index contributed by atoms with van der Waals surface area (Å²) in [6.07, 6.45) is 0. The van der Waals surface area contributed by atoms with Crippen molar-refractivity contribution in [3.8, 4) is 5.75 Å². The fourth-order valence-electron chi connectivity index (χ4n) is 1.31. The molecule has 0 fully saturated rings. The first kappa shape index (κ1) is 12.4. The molecular weight excluding hydrogens is 265 g/mol. The van der Waals surface area contributed by atoms with Crippen molar-refractivity contribution in [1.82, 2.24) is 5.32 Å². The van der Waals surface area contributed by atoms with Gasteiger partial charge in [-0.15, -0.1) is 0 Å². The zero-order valence-electron chi connectivity index (χ0n) is 8.30. The van der Waals surface area contributed by atoms with Gasteiger partial charge in [-0.05, 0) is 19.1 Å². The van der Waals surface area contributed by atoms with Crippen molar-refractivity contribution in [1.29, 1.82) is 0 Å². The van der Waals surface area contributed by atoms with Crippen LogP contribution in [-0.2, 0) is 0 Å². The van der Waals surface area contributed by atoms with E-state index in [1.54, 1.807) is 13.0 Å². The maximum Gasteiger partial charge on any atom is 0.166 e. The molecule has 0 spiro atoms. The van der Waals surface area contributed by atoms with Crippen LogP contribution in [0.5, 0.6) is 5.75 Å². The predicted octanol–water partition coefficient (Wildman–Crippen LogP) is 1.94. The van der Waals surface area contributed by atoms with Crippen LogP contribution in [0.1, 0.15) is 18.5 Å². The number of aliphatic hydroxyl groups is 1. The van der Waals surface area contributed by atoms with Crippen molar-refractivity contribution in [3.05, 3.63) is 28.0 Å². The molecule has 3 nitrogen and oxygen atoms in total. The van der Waals surface area contributed by atoms with E-state index in [4.69, 9.17) is 5.11 Å². The van der Waals surface area contributed by atoms with Crippen LogP contribution >= 0.6 is 15.9 Å². The molecule has 0 aliphatic rings. The van der Waals surface area contributed by atoms with Gasteiger partial charge in [-0.3, -0.25) is 0 Å². The Morgan fingerprint density at radius 3 is 2.80 bits per heavy atom. The van der Waals surface area contributed by atoms with Crippen molar-refractivity contribution < 1.29 is 14.6 Å². The first-order valence-electron chi connectivity index (χ1n) is 4.58. The third-order valence-electron chi connectivity index (χ3n) is 2.09. The van der Waals surface area contributed by atoms with Gasteiger partial charge >= 0.3 is 0 Å². The molecule has 1 aromatic carbocycles. The van der Waals surface area contributed by atoms with Crippen molar-refractivity contribution in [2.45, 2.75) is 13.0 Å². The van der Waals surface area contributed by atoms with E-state index < -0.39 is 5.82 Å². The van der Waals surface area contributed by atoms with Crippen LogP contribution in [0.25, 0.3) is 0 Å². The fraction of sp³-hybridized carbons (Fsp3) is 0.400. The highest BCUT2D eigenvalue weighted by Crippen LogP contribution is 2.30. The van der Waals surface area contributed by atoms with E-state index in [1.165, 1.54) is 6.07 Å². The van der Waals surface area contributed by atoms with E-state index in [9.17, 15) is 9.50 Å². The number of benzene rings is 1. The van der Waals surface area contributed by atoms with Gasteiger partial charge in [0, 0.05) is 22.6 Å². The van der Waals surface area contributed by atoms with Crippen molar-refractivity contribution >= 4 is 15.9 Å². The van der Waals surface area contributed by atoms with E-state index >= 15 is 0 Å². The van der Waals surface area contributed by atoms with Crippen LogP contribution in [0.3, 0.4) is 0 Å². The number of phenolic OH excluding ortho intramolecular Hbond substituents is 1. The third-order valence-corrected chi connectivity index (χ3v) is 2.54. The lowest BCUT2D eigenvalue weighted by Gasteiger charge is -2.15.